The van der Waals surface area contributed by atoms with Gasteiger partial charge in [-0.05, 0) is 79.8 Å². The average Bonchev–Trinajstić information content (AvgIpc) is 3.60. The normalized spacial score (nSPS) is 11.6. The van der Waals surface area contributed by atoms with Crippen molar-refractivity contribution in [3.05, 3.63) is 200 Å². The highest BCUT2D eigenvalue weighted by atomic mass is 15.0. The lowest BCUT2D eigenvalue weighted by molar-refractivity contribution is 1.17. The Morgan fingerprint density at radius 3 is 1.58 bits per heavy atom. The van der Waals surface area contributed by atoms with Crippen LogP contribution in [0.1, 0.15) is 0 Å². The number of hydrogen-bond donors (Lipinski definition) is 0. The van der Waals surface area contributed by atoms with Crippen molar-refractivity contribution in [3.63, 3.8) is 0 Å². The molecule has 0 aliphatic rings. The molecule has 0 fully saturated rings. The molecule has 0 bridgehead atoms. The molecule has 0 amide bonds. The molecular weight excluding hydrogens is 667 g/mol. The fourth-order valence-corrected chi connectivity index (χ4v) is 8.37. The van der Waals surface area contributed by atoms with Gasteiger partial charge in [-0.3, -0.25) is 0 Å². The summed E-state index contributed by atoms with van der Waals surface area (Å²) in [5.74, 6) is 0.695. The first-order valence-corrected chi connectivity index (χ1v) is 18.7. The molecule has 0 aliphatic carbocycles. The molecule has 11 rings (SSSR count). The summed E-state index contributed by atoms with van der Waals surface area (Å²) in [7, 11) is 0. The van der Waals surface area contributed by atoms with E-state index in [0.29, 0.717) is 5.82 Å². The molecule has 0 saturated carbocycles. The van der Waals surface area contributed by atoms with Gasteiger partial charge in [0.2, 0.25) is 0 Å². The van der Waals surface area contributed by atoms with Crippen molar-refractivity contribution in [2.75, 3.05) is 0 Å². The molecule has 0 spiro atoms. The van der Waals surface area contributed by atoms with Crippen molar-refractivity contribution in [1.82, 2.24) is 14.5 Å². The fourth-order valence-electron chi connectivity index (χ4n) is 8.37. The summed E-state index contributed by atoms with van der Waals surface area (Å²) >= 11 is 0. The van der Waals surface area contributed by atoms with Crippen molar-refractivity contribution in [2.24, 2.45) is 0 Å². The van der Waals surface area contributed by atoms with Crippen LogP contribution in [0, 0.1) is 0 Å². The van der Waals surface area contributed by atoms with E-state index in [1.54, 1.807) is 0 Å². The van der Waals surface area contributed by atoms with Crippen molar-refractivity contribution >= 4 is 54.1 Å². The molecule has 0 unspecified atom stereocenters. The van der Waals surface area contributed by atoms with Gasteiger partial charge in [0.25, 0.3) is 0 Å². The third-order valence-corrected chi connectivity index (χ3v) is 11.0. The van der Waals surface area contributed by atoms with Crippen LogP contribution < -0.4 is 0 Å². The summed E-state index contributed by atoms with van der Waals surface area (Å²) in [6.45, 7) is 0. The number of para-hydroxylation sites is 2. The maximum atomic E-state index is 5.39. The van der Waals surface area contributed by atoms with E-state index in [9.17, 15) is 0 Å². The maximum Gasteiger partial charge on any atom is 0.160 e. The Morgan fingerprint density at radius 2 is 0.855 bits per heavy atom. The molecule has 256 valence electrons. The van der Waals surface area contributed by atoms with Crippen LogP contribution in [-0.4, -0.2) is 14.5 Å². The molecule has 55 heavy (non-hydrogen) atoms. The highest BCUT2D eigenvalue weighted by Gasteiger charge is 2.18. The molecular formula is C52H33N3. The molecule has 0 N–H and O–H groups in total. The largest absolute Gasteiger partial charge is 0.309 e. The summed E-state index contributed by atoms with van der Waals surface area (Å²) in [5, 5.41) is 9.71. The lowest BCUT2D eigenvalue weighted by atomic mass is 9.91. The molecule has 0 aliphatic heterocycles. The number of hydrogen-bond acceptors (Lipinski definition) is 2. The van der Waals surface area contributed by atoms with Crippen LogP contribution in [-0.2, 0) is 0 Å². The van der Waals surface area contributed by atoms with Gasteiger partial charge >= 0.3 is 0 Å². The molecule has 9 aromatic carbocycles. The zero-order valence-corrected chi connectivity index (χ0v) is 29.9. The first-order valence-electron chi connectivity index (χ1n) is 18.7. The third kappa shape index (κ3) is 5.20. The van der Waals surface area contributed by atoms with Gasteiger partial charge in [-0.2, -0.15) is 0 Å². The average molecular weight is 700 g/mol. The molecule has 2 heterocycles. The van der Waals surface area contributed by atoms with Crippen LogP contribution in [0.25, 0.3) is 105 Å². The quantitative estimate of drug-likeness (QED) is 0.132. The molecule has 3 nitrogen and oxygen atoms in total. The second-order valence-electron chi connectivity index (χ2n) is 14.2. The first kappa shape index (κ1) is 31.2. The molecule has 2 aromatic heterocycles. The summed E-state index contributed by atoms with van der Waals surface area (Å²) < 4.78 is 2.35. The van der Waals surface area contributed by atoms with Gasteiger partial charge in [0.15, 0.2) is 5.82 Å². The van der Waals surface area contributed by atoms with Crippen LogP contribution in [0.5, 0.6) is 0 Å². The van der Waals surface area contributed by atoms with Gasteiger partial charge in [0, 0.05) is 33.2 Å². The van der Waals surface area contributed by atoms with E-state index < -0.39 is 0 Å². The summed E-state index contributed by atoms with van der Waals surface area (Å²) in [6, 6.07) is 71.5. The highest BCUT2D eigenvalue weighted by Crippen LogP contribution is 2.41. The van der Waals surface area contributed by atoms with Crippen molar-refractivity contribution in [2.45, 2.75) is 0 Å². The monoisotopic (exact) mass is 699 g/mol. The predicted molar refractivity (Wildman–Crippen MR) is 231 cm³/mol. The van der Waals surface area contributed by atoms with E-state index in [0.717, 1.165) is 39.3 Å². The Bertz CT molecular complexity index is 3180. The zero-order valence-electron chi connectivity index (χ0n) is 29.9. The smallest absolute Gasteiger partial charge is 0.160 e. The predicted octanol–water partition coefficient (Wildman–Crippen LogP) is 13.7. The van der Waals surface area contributed by atoms with Crippen molar-refractivity contribution in [3.8, 4) is 50.7 Å². The zero-order chi connectivity index (χ0) is 36.3. The van der Waals surface area contributed by atoms with E-state index in [1.807, 2.05) is 6.07 Å². The SMILES string of the molecule is c1ccc(-c2ccc(-c3nc(-c4ccc(-n5c6ccccc6c6ccccc65)cc4)cc(-c4c5ccccc5cc5c4ccc4ccccc45)n3)cc2)cc1. The van der Waals surface area contributed by atoms with E-state index >= 15 is 0 Å². The Labute approximate surface area is 318 Å². The second-order valence-corrected chi connectivity index (χ2v) is 14.2. The van der Waals surface area contributed by atoms with Crippen LogP contribution in [0.4, 0.5) is 0 Å². The van der Waals surface area contributed by atoms with Gasteiger partial charge in [-0.25, -0.2) is 9.97 Å². The fraction of sp³-hybridized carbons (Fsp3) is 0. The topological polar surface area (TPSA) is 30.7 Å². The van der Waals surface area contributed by atoms with Crippen LogP contribution in [0.2, 0.25) is 0 Å². The van der Waals surface area contributed by atoms with Crippen molar-refractivity contribution < 1.29 is 0 Å². The minimum Gasteiger partial charge on any atom is -0.309 e. The number of benzene rings is 9. The van der Waals surface area contributed by atoms with Gasteiger partial charge in [-0.1, -0.05) is 164 Å². The molecule has 0 radical (unpaired) electrons. The van der Waals surface area contributed by atoms with Crippen LogP contribution in [0.3, 0.4) is 0 Å². The molecule has 3 heteroatoms. The Kier molecular flexibility index (Phi) is 7.17. The Morgan fingerprint density at radius 1 is 0.309 bits per heavy atom. The molecule has 0 saturated heterocycles. The molecule has 0 atom stereocenters. The highest BCUT2D eigenvalue weighted by molar-refractivity contribution is 6.20. The standard InChI is InChI=1S/C52H33N3/c1-2-12-34(13-3-1)35-22-24-38(25-23-35)52-53-47(37-26-29-40(30-27-37)55-49-20-10-8-18-43(49)44-19-9-11-21-50(44)55)33-48(54-52)51-42-17-7-5-15-39(42)32-46-41-16-6-4-14-36(41)28-31-45(46)51/h1-33H. The van der Waals surface area contributed by atoms with E-state index in [-0.39, 0.29) is 0 Å². The Balaban J connectivity index is 1.12. The number of nitrogens with zero attached hydrogens (tertiary/aromatic N) is 3. The minimum absolute atomic E-state index is 0.695. The van der Waals surface area contributed by atoms with Crippen LogP contribution >= 0.6 is 0 Å². The van der Waals surface area contributed by atoms with Gasteiger partial charge < -0.3 is 4.57 Å². The third-order valence-electron chi connectivity index (χ3n) is 11.0. The Hall–Kier alpha value is -7.36. The van der Waals surface area contributed by atoms with Crippen LogP contribution in [0.15, 0.2) is 200 Å². The maximum absolute atomic E-state index is 5.39. The summed E-state index contributed by atoms with van der Waals surface area (Å²) in [5.41, 5.74) is 10.7. The van der Waals surface area contributed by atoms with Gasteiger partial charge in [0.1, 0.15) is 0 Å². The first-order chi connectivity index (χ1) is 27.3. The number of aromatic nitrogens is 3. The van der Waals surface area contributed by atoms with E-state index in [1.165, 1.54) is 59.7 Å². The number of rotatable bonds is 5. The van der Waals surface area contributed by atoms with E-state index in [4.69, 9.17) is 9.97 Å². The van der Waals surface area contributed by atoms with Gasteiger partial charge in [0.05, 0.1) is 22.4 Å². The van der Waals surface area contributed by atoms with Crippen molar-refractivity contribution in [1.29, 1.82) is 0 Å². The number of fused-ring (bicyclic) bond motifs is 7. The lowest BCUT2D eigenvalue weighted by Crippen LogP contribution is -1.98. The summed E-state index contributed by atoms with van der Waals surface area (Å²) in [4.78, 5) is 10.7. The lowest BCUT2D eigenvalue weighted by Gasteiger charge is -2.16. The second kappa shape index (κ2) is 12.6. The summed E-state index contributed by atoms with van der Waals surface area (Å²) in [6.07, 6.45) is 0. The van der Waals surface area contributed by atoms with E-state index in [2.05, 4.69) is 199 Å². The van der Waals surface area contributed by atoms with Gasteiger partial charge in [-0.15, -0.1) is 0 Å². The molecule has 11 aromatic rings. The minimum atomic E-state index is 0.695.